The van der Waals surface area contributed by atoms with Crippen LogP contribution in [-0.4, -0.2) is 63.3 Å². The molecule has 0 aromatic heterocycles. The van der Waals surface area contributed by atoms with Crippen LogP contribution in [0.15, 0.2) is 59.8 Å². The van der Waals surface area contributed by atoms with Crippen molar-refractivity contribution in [3.05, 3.63) is 71.2 Å². The summed E-state index contributed by atoms with van der Waals surface area (Å²) in [4.78, 5) is 29.6. The topological polar surface area (TPSA) is 83.1 Å². The molecule has 2 aromatic rings. The molecule has 0 unspecified atom stereocenters. The standard InChI is InChI=1S/C25H29FN4O4/c1-3-34-24(31)22-20(27-25(32)28-23(22)17-8-10-18(33-2)11-9-17)16-29-12-14-30(15-13-29)21-7-5-4-6-19(21)26/h4-11,23H,3,12-16H2,1-2H3,(H2,27,28,32)/t23-/m1/s1. The molecule has 2 aliphatic rings. The van der Waals surface area contributed by atoms with E-state index in [1.165, 1.54) is 6.07 Å². The second-order valence-corrected chi connectivity index (χ2v) is 8.13. The second-order valence-electron chi connectivity index (χ2n) is 8.13. The molecule has 9 heteroatoms. The molecule has 2 N–H and O–H groups in total. The number of ether oxygens (including phenoxy) is 2. The summed E-state index contributed by atoms with van der Waals surface area (Å²) < 4.78 is 24.7. The summed E-state index contributed by atoms with van der Waals surface area (Å²) in [5.74, 6) is -0.0364. The number of carbonyl (C=O) groups is 2. The van der Waals surface area contributed by atoms with Gasteiger partial charge in [0.25, 0.3) is 0 Å². The fourth-order valence-corrected chi connectivity index (χ4v) is 4.32. The quantitative estimate of drug-likeness (QED) is 0.608. The fourth-order valence-electron chi connectivity index (χ4n) is 4.32. The Morgan fingerprint density at radius 1 is 1.09 bits per heavy atom. The third-order valence-electron chi connectivity index (χ3n) is 6.05. The van der Waals surface area contributed by atoms with Crippen LogP contribution in [0.25, 0.3) is 0 Å². The fraction of sp³-hybridized carbons (Fsp3) is 0.360. The molecule has 8 nitrogen and oxygen atoms in total. The monoisotopic (exact) mass is 468 g/mol. The maximum Gasteiger partial charge on any atom is 0.338 e. The summed E-state index contributed by atoms with van der Waals surface area (Å²) in [6, 6.07) is 12.9. The highest BCUT2D eigenvalue weighted by Crippen LogP contribution is 2.30. The van der Waals surface area contributed by atoms with Crippen LogP contribution in [-0.2, 0) is 9.53 Å². The van der Waals surface area contributed by atoms with Crippen LogP contribution in [0.2, 0.25) is 0 Å². The maximum atomic E-state index is 14.2. The zero-order valence-electron chi connectivity index (χ0n) is 19.3. The van der Waals surface area contributed by atoms with Crippen molar-refractivity contribution in [2.75, 3.05) is 51.3 Å². The van der Waals surface area contributed by atoms with E-state index in [2.05, 4.69) is 15.5 Å². The van der Waals surface area contributed by atoms with Gasteiger partial charge in [-0.3, -0.25) is 4.90 Å². The molecule has 0 bridgehead atoms. The summed E-state index contributed by atoms with van der Waals surface area (Å²) >= 11 is 0. The number of hydrogen-bond acceptors (Lipinski definition) is 6. The molecule has 180 valence electrons. The van der Waals surface area contributed by atoms with Crippen LogP contribution >= 0.6 is 0 Å². The second kappa shape index (κ2) is 10.6. The number of nitrogens with one attached hydrogen (secondary N) is 2. The first-order valence-corrected chi connectivity index (χ1v) is 11.3. The molecule has 0 spiro atoms. The van der Waals surface area contributed by atoms with E-state index in [0.717, 1.165) is 5.56 Å². The third-order valence-corrected chi connectivity index (χ3v) is 6.05. The average molecular weight is 469 g/mol. The largest absolute Gasteiger partial charge is 0.497 e. The van der Waals surface area contributed by atoms with E-state index in [9.17, 15) is 14.0 Å². The van der Waals surface area contributed by atoms with Crippen molar-refractivity contribution < 1.29 is 23.5 Å². The van der Waals surface area contributed by atoms with E-state index in [-0.39, 0.29) is 18.5 Å². The molecule has 0 radical (unpaired) electrons. The molecule has 1 atom stereocenters. The van der Waals surface area contributed by atoms with Gasteiger partial charge in [0, 0.05) is 38.4 Å². The highest BCUT2D eigenvalue weighted by atomic mass is 19.1. The molecule has 1 saturated heterocycles. The Labute approximate surface area is 198 Å². The summed E-state index contributed by atoms with van der Waals surface area (Å²) in [6.45, 7) is 4.93. The van der Waals surface area contributed by atoms with E-state index in [1.54, 1.807) is 38.3 Å². The predicted octanol–water partition coefficient (Wildman–Crippen LogP) is 2.83. The Kier molecular flexibility index (Phi) is 7.32. The van der Waals surface area contributed by atoms with E-state index >= 15 is 0 Å². The summed E-state index contributed by atoms with van der Waals surface area (Å²) in [7, 11) is 1.58. The van der Waals surface area contributed by atoms with Gasteiger partial charge in [0.05, 0.1) is 31.0 Å². The summed E-state index contributed by atoms with van der Waals surface area (Å²) in [6.07, 6.45) is 0. The van der Waals surface area contributed by atoms with Crippen LogP contribution in [0, 0.1) is 5.82 Å². The van der Waals surface area contributed by atoms with Crippen molar-refractivity contribution in [1.82, 2.24) is 15.5 Å². The highest BCUT2D eigenvalue weighted by Gasteiger charge is 2.34. The van der Waals surface area contributed by atoms with Gasteiger partial charge in [-0.1, -0.05) is 24.3 Å². The van der Waals surface area contributed by atoms with Crippen molar-refractivity contribution >= 4 is 17.7 Å². The Hall–Kier alpha value is -3.59. The number of methoxy groups -OCH3 is 1. The van der Waals surface area contributed by atoms with Gasteiger partial charge in [-0.05, 0) is 36.8 Å². The van der Waals surface area contributed by atoms with E-state index in [4.69, 9.17) is 9.47 Å². The zero-order chi connectivity index (χ0) is 24.1. The number of esters is 1. The van der Waals surface area contributed by atoms with Gasteiger partial charge in [0.1, 0.15) is 11.6 Å². The first-order chi connectivity index (χ1) is 16.5. The van der Waals surface area contributed by atoms with Crippen molar-refractivity contribution in [3.8, 4) is 5.75 Å². The molecule has 0 saturated carbocycles. The van der Waals surface area contributed by atoms with Gasteiger partial charge in [0.15, 0.2) is 0 Å². The van der Waals surface area contributed by atoms with E-state index in [1.807, 2.05) is 23.1 Å². The van der Waals surface area contributed by atoms with Crippen molar-refractivity contribution in [2.24, 2.45) is 0 Å². The van der Waals surface area contributed by atoms with Crippen LogP contribution in [0.3, 0.4) is 0 Å². The lowest BCUT2D eigenvalue weighted by Crippen LogP contribution is -2.52. The number of piperazine rings is 1. The first-order valence-electron chi connectivity index (χ1n) is 11.3. The van der Waals surface area contributed by atoms with Crippen molar-refractivity contribution in [2.45, 2.75) is 13.0 Å². The van der Waals surface area contributed by atoms with Crippen LogP contribution in [0.4, 0.5) is 14.9 Å². The zero-order valence-corrected chi connectivity index (χ0v) is 19.3. The van der Waals surface area contributed by atoms with Crippen LogP contribution in [0.5, 0.6) is 5.75 Å². The predicted molar refractivity (Wildman–Crippen MR) is 126 cm³/mol. The lowest BCUT2D eigenvalue weighted by atomic mass is 9.94. The lowest BCUT2D eigenvalue weighted by Gasteiger charge is -2.38. The molecule has 2 amide bonds. The van der Waals surface area contributed by atoms with Gasteiger partial charge >= 0.3 is 12.0 Å². The Balaban J connectivity index is 1.56. The molecule has 0 aliphatic carbocycles. The van der Waals surface area contributed by atoms with Crippen LogP contribution in [0.1, 0.15) is 18.5 Å². The molecular formula is C25H29FN4O4. The van der Waals surface area contributed by atoms with E-state index in [0.29, 0.717) is 55.4 Å². The summed E-state index contributed by atoms with van der Waals surface area (Å²) in [5, 5.41) is 5.66. The minimum absolute atomic E-state index is 0.222. The average Bonchev–Trinajstić information content (AvgIpc) is 2.85. The minimum Gasteiger partial charge on any atom is -0.497 e. The Morgan fingerprint density at radius 2 is 1.79 bits per heavy atom. The number of urea groups is 1. The Morgan fingerprint density at radius 3 is 2.44 bits per heavy atom. The van der Waals surface area contributed by atoms with Gasteiger partial charge in [-0.2, -0.15) is 0 Å². The van der Waals surface area contributed by atoms with Gasteiger partial charge < -0.3 is 25.0 Å². The number of carbonyl (C=O) groups excluding carboxylic acids is 2. The number of nitrogens with zero attached hydrogens (tertiary/aromatic N) is 2. The number of para-hydroxylation sites is 1. The smallest absolute Gasteiger partial charge is 0.338 e. The maximum absolute atomic E-state index is 14.2. The number of halogens is 1. The normalized spacial score (nSPS) is 18.9. The third kappa shape index (κ3) is 5.14. The molecule has 34 heavy (non-hydrogen) atoms. The van der Waals surface area contributed by atoms with Gasteiger partial charge in [-0.25, -0.2) is 14.0 Å². The number of anilines is 1. The van der Waals surface area contributed by atoms with Crippen molar-refractivity contribution in [3.63, 3.8) is 0 Å². The molecule has 2 aliphatic heterocycles. The van der Waals surface area contributed by atoms with Gasteiger partial charge in [-0.15, -0.1) is 0 Å². The number of hydrogen-bond donors (Lipinski definition) is 2. The van der Waals surface area contributed by atoms with Crippen molar-refractivity contribution in [1.29, 1.82) is 0 Å². The molecule has 2 heterocycles. The molecular weight excluding hydrogens is 439 g/mol. The molecule has 4 rings (SSSR count). The van der Waals surface area contributed by atoms with Crippen LogP contribution < -0.4 is 20.3 Å². The van der Waals surface area contributed by atoms with E-state index < -0.39 is 12.0 Å². The number of benzene rings is 2. The SMILES string of the molecule is CCOC(=O)C1=C(CN2CCN(c3ccccc3F)CC2)NC(=O)N[C@@H]1c1ccc(OC)cc1. The number of rotatable bonds is 7. The minimum atomic E-state index is -0.645. The molecule has 2 aromatic carbocycles. The lowest BCUT2D eigenvalue weighted by molar-refractivity contribution is -0.139. The number of amides is 2. The summed E-state index contributed by atoms with van der Waals surface area (Å²) in [5.41, 5.74) is 2.23. The first kappa shape index (κ1) is 23.6. The molecule has 1 fully saturated rings. The van der Waals surface area contributed by atoms with Gasteiger partial charge in [0.2, 0.25) is 0 Å². The highest BCUT2D eigenvalue weighted by molar-refractivity contribution is 5.95. The Bertz CT molecular complexity index is 1060.